The Morgan fingerprint density at radius 3 is 2.50 bits per heavy atom. The quantitative estimate of drug-likeness (QED) is 0.814. The Labute approximate surface area is 120 Å². The molecule has 0 spiro atoms. The highest BCUT2D eigenvalue weighted by molar-refractivity contribution is 7.89. The van der Waals surface area contributed by atoms with Gasteiger partial charge in [0.2, 0.25) is 10.0 Å². The lowest BCUT2D eigenvalue weighted by molar-refractivity contribution is 0.0827. The number of rotatable bonds is 3. The van der Waals surface area contributed by atoms with E-state index in [-0.39, 0.29) is 10.9 Å². The van der Waals surface area contributed by atoms with E-state index in [9.17, 15) is 8.42 Å². The number of sulfonamides is 1. The van der Waals surface area contributed by atoms with E-state index in [0.717, 1.165) is 38.0 Å². The number of hydrogen-bond acceptors (Lipinski definition) is 4. The molecule has 3 heterocycles. The van der Waals surface area contributed by atoms with Crippen molar-refractivity contribution in [1.82, 2.24) is 9.62 Å². The van der Waals surface area contributed by atoms with Gasteiger partial charge in [0, 0.05) is 18.3 Å². The van der Waals surface area contributed by atoms with Gasteiger partial charge in [-0.1, -0.05) is 0 Å². The van der Waals surface area contributed by atoms with E-state index < -0.39 is 10.0 Å². The van der Waals surface area contributed by atoms with Crippen LogP contribution in [0, 0.1) is 12.8 Å². The summed E-state index contributed by atoms with van der Waals surface area (Å²) in [7, 11) is -3.48. The second kappa shape index (κ2) is 5.02. The van der Waals surface area contributed by atoms with E-state index in [4.69, 9.17) is 5.73 Å². The van der Waals surface area contributed by atoms with Crippen LogP contribution in [0.2, 0.25) is 0 Å². The molecule has 1 atom stereocenters. The largest absolute Gasteiger partial charge is 0.399 e. The van der Waals surface area contributed by atoms with Gasteiger partial charge in [0.05, 0.1) is 4.90 Å². The van der Waals surface area contributed by atoms with Gasteiger partial charge in [-0.3, -0.25) is 0 Å². The summed E-state index contributed by atoms with van der Waals surface area (Å²) in [6.07, 6.45) is 2.17. The van der Waals surface area contributed by atoms with Crippen LogP contribution in [0.25, 0.3) is 0 Å². The molecule has 3 aliphatic rings. The Morgan fingerprint density at radius 1 is 1.25 bits per heavy atom. The molecule has 3 fully saturated rings. The number of nitrogen functional groups attached to an aromatic ring is 1. The van der Waals surface area contributed by atoms with Crippen molar-refractivity contribution >= 4 is 15.7 Å². The van der Waals surface area contributed by atoms with Crippen molar-refractivity contribution in [3.05, 3.63) is 23.8 Å². The third-order valence-electron chi connectivity index (χ3n) is 4.35. The Hall–Kier alpha value is -1.11. The number of aryl methyl sites for hydroxylation is 1. The van der Waals surface area contributed by atoms with Crippen molar-refractivity contribution < 1.29 is 8.42 Å². The first-order chi connectivity index (χ1) is 9.44. The maximum Gasteiger partial charge on any atom is 0.240 e. The van der Waals surface area contributed by atoms with Gasteiger partial charge in [-0.2, -0.15) is 0 Å². The third kappa shape index (κ3) is 2.68. The predicted molar refractivity (Wildman–Crippen MR) is 78.9 cm³/mol. The standard InChI is InChI=1S/C14H21N3O2S/c1-10-6-12(15)8-13(7-10)20(18,19)16-14-9-17-4-2-11(14)3-5-17/h6-8,11,14,16H,2-5,9,15H2,1H3. The molecule has 2 bridgehead atoms. The molecule has 4 rings (SSSR count). The molecule has 20 heavy (non-hydrogen) atoms. The lowest BCUT2D eigenvalue weighted by Gasteiger charge is -2.44. The fourth-order valence-corrected chi connectivity index (χ4v) is 4.73. The summed E-state index contributed by atoms with van der Waals surface area (Å²) in [5.74, 6) is 0.469. The van der Waals surface area contributed by atoms with Crippen LogP contribution in [0.4, 0.5) is 5.69 Å². The monoisotopic (exact) mass is 295 g/mol. The molecule has 3 N–H and O–H groups in total. The Balaban J connectivity index is 1.82. The Kier molecular flexibility index (Phi) is 3.48. The minimum absolute atomic E-state index is 0.0317. The van der Waals surface area contributed by atoms with Crippen LogP contribution >= 0.6 is 0 Å². The Morgan fingerprint density at radius 2 is 1.95 bits per heavy atom. The first-order valence-corrected chi connectivity index (χ1v) is 8.54. The smallest absolute Gasteiger partial charge is 0.240 e. The minimum atomic E-state index is -3.48. The number of fused-ring (bicyclic) bond motifs is 3. The van der Waals surface area contributed by atoms with Crippen molar-refractivity contribution in [2.75, 3.05) is 25.4 Å². The summed E-state index contributed by atoms with van der Waals surface area (Å²) in [5.41, 5.74) is 7.10. The lowest BCUT2D eigenvalue weighted by Crippen LogP contribution is -2.57. The van der Waals surface area contributed by atoms with Crippen LogP contribution < -0.4 is 10.5 Å². The van der Waals surface area contributed by atoms with Gasteiger partial charge in [-0.25, -0.2) is 13.1 Å². The number of anilines is 1. The molecule has 110 valence electrons. The molecule has 0 aromatic heterocycles. The summed E-state index contributed by atoms with van der Waals surface area (Å²) < 4.78 is 27.9. The van der Waals surface area contributed by atoms with E-state index in [2.05, 4.69) is 9.62 Å². The Bertz CT molecular complexity index is 587. The third-order valence-corrected chi connectivity index (χ3v) is 5.82. The van der Waals surface area contributed by atoms with Crippen LogP contribution in [0.3, 0.4) is 0 Å². The van der Waals surface area contributed by atoms with Gasteiger partial charge in [-0.05, 0) is 62.5 Å². The fourth-order valence-electron chi connectivity index (χ4n) is 3.30. The van der Waals surface area contributed by atoms with E-state index in [1.165, 1.54) is 6.07 Å². The van der Waals surface area contributed by atoms with Crippen LogP contribution in [0.1, 0.15) is 18.4 Å². The number of nitrogens with one attached hydrogen (secondary N) is 1. The average molecular weight is 295 g/mol. The number of hydrogen-bond donors (Lipinski definition) is 2. The summed E-state index contributed by atoms with van der Waals surface area (Å²) in [6.45, 7) is 4.87. The van der Waals surface area contributed by atoms with Gasteiger partial charge in [0.15, 0.2) is 0 Å². The second-order valence-electron chi connectivity index (χ2n) is 5.95. The molecule has 3 aliphatic heterocycles. The molecule has 1 aromatic carbocycles. The van der Waals surface area contributed by atoms with Gasteiger partial charge in [-0.15, -0.1) is 0 Å². The van der Waals surface area contributed by atoms with E-state index in [1.807, 2.05) is 6.92 Å². The molecule has 0 radical (unpaired) electrons. The zero-order chi connectivity index (χ0) is 14.3. The first-order valence-electron chi connectivity index (χ1n) is 7.06. The molecular formula is C14H21N3O2S. The lowest BCUT2D eigenvalue weighted by atomic mass is 9.85. The van der Waals surface area contributed by atoms with Crippen LogP contribution in [-0.2, 0) is 10.0 Å². The van der Waals surface area contributed by atoms with Crippen molar-refractivity contribution in [3.63, 3.8) is 0 Å². The maximum atomic E-state index is 12.5. The van der Waals surface area contributed by atoms with Crippen LogP contribution in [0.5, 0.6) is 0 Å². The van der Waals surface area contributed by atoms with Gasteiger partial charge >= 0.3 is 0 Å². The summed E-state index contributed by atoms with van der Waals surface area (Å²) in [5, 5.41) is 0. The predicted octanol–water partition coefficient (Wildman–Crippen LogP) is 0.950. The van der Waals surface area contributed by atoms with Crippen molar-refractivity contribution in [2.24, 2.45) is 5.92 Å². The highest BCUT2D eigenvalue weighted by Crippen LogP contribution is 2.28. The van der Waals surface area contributed by atoms with Crippen molar-refractivity contribution in [3.8, 4) is 0 Å². The molecule has 1 aromatic rings. The van der Waals surface area contributed by atoms with Gasteiger partial charge < -0.3 is 10.6 Å². The second-order valence-corrected chi connectivity index (χ2v) is 7.66. The van der Waals surface area contributed by atoms with Gasteiger partial charge in [0.1, 0.15) is 0 Å². The number of nitrogens with two attached hydrogens (primary N) is 1. The fraction of sp³-hybridized carbons (Fsp3) is 0.571. The van der Waals surface area contributed by atoms with E-state index in [0.29, 0.717) is 11.6 Å². The summed E-state index contributed by atoms with van der Waals surface area (Å²) in [4.78, 5) is 2.60. The number of piperidine rings is 3. The zero-order valence-corrected chi connectivity index (χ0v) is 12.5. The SMILES string of the molecule is Cc1cc(N)cc(S(=O)(=O)NC2CN3CCC2CC3)c1. The topological polar surface area (TPSA) is 75.4 Å². The molecule has 5 nitrogen and oxygen atoms in total. The minimum Gasteiger partial charge on any atom is -0.399 e. The zero-order valence-electron chi connectivity index (χ0n) is 11.7. The number of nitrogens with zero attached hydrogens (tertiary/aromatic N) is 1. The van der Waals surface area contributed by atoms with Gasteiger partial charge in [0.25, 0.3) is 0 Å². The van der Waals surface area contributed by atoms with E-state index in [1.54, 1.807) is 12.1 Å². The average Bonchev–Trinajstić information content (AvgIpc) is 2.38. The molecule has 3 saturated heterocycles. The molecule has 0 saturated carbocycles. The van der Waals surface area contributed by atoms with E-state index >= 15 is 0 Å². The highest BCUT2D eigenvalue weighted by atomic mass is 32.2. The molecule has 6 heteroatoms. The highest BCUT2D eigenvalue weighted by Gasteiger charge is 2.36. The molecule has 0 amide bonds. The van der Waals surface area contributed by atoms with Crippen molar-refractivity contribution in [1.29, 1.82) is 0 Å². The number of benzene rings is 1. The normalized spacial score (nSPS) is 29.6. The van der Waals surface area contributed by atoms with Crippen LogP contribution in [-0.4, -0.2) is 39.0 Å². The maximum absolute atomic E-state index is 12.5. The van der Waals surface area contributed by atoms with Crippen LogP contribution in [0.15, 0.2) is 23.1 Å². The van der Waals surface area contributed by atoms with Crippen molar-refractivity contribution in [2.45, 2.75) is 30.7 Å². The summed E-state index contributed by atoms with van der Waals surface area (Å²) >= 11 is 0. The first kappa shape index (κ1) is 13.9. The molecule has 0 aliphatic carbocycles. The molecular weight excluding hydrogens is 274 g/mol. The summed E-state index contributed by atoms with van der Waals surface area (Å²) in [6, 6.07) is 4.99. The molecule has 1 unspecified atom stereocenters.